The third kappa shape index (κ3) is 2.44. The monoisotopic (exact) mass is 267 g/mol. The predicted octanol–water partition coefficient (Wildman–Crippen LogP) is 2.69. The van der Waals surface area contributed by atoms with Crippen LogP contribution < -0.4 is 16.0 Å². The van der Waals surface area contributed by atoms with Gasteiger partial charge < -0.3 is 16.0 Å². The molecule has 3 N–H and O–H groups in total. The molecule has 0 radical (unpaired) electrons. The first-order chi connectivity index (χ1) is 9.78. The fourth-order valence-electron chi connectivity index (χ4n) is 2.90. The van der Waals surface area contributed by atoms with Gasteiger partial charge in [0, 0.05) is 36.6 Å². The number of fused-ring (bicyclic) bond motifs is 1. The number of hydrogen-bond donors (Lipinski definition) is 2. The SMILES string of the molecule is CCN(C[C@H]1C=C(N)NC1)c1cccc2ccccc12. The van der Waals surface area contributed by atoms with E-state index in [0.29, 0.717) is 5.92 Å². The van der Waals surface area contributed by atoms with Crippen molar-refractivity contribution in [3.8, 4) is 0 Å². The number of anilines is 1. The molecule has 3 heteroatoms. The lowest BCUT2D eigenvalue weighted by molar-refractivity contribution is 0.625. The minimum absolute atomic E-state index is 0.480. The largest absolute Gasteiger partial charge is 0.386 e. The van der Waals surface area contributed by atoms with Crippen LogP contribution in [0.5, 0.6) is 0 Å². The van der Waals surface area contributed by atoms with E-state index < -0.39 is 0 Å². The minimum Gasteiger partial charge on any atom is -0.386 e. The second kappa shape index (κ2) is 5.45. The fourth-order valence-corrected chi connectivity index (χ4v) is 2.90. The summed E-state index contributed by atoms with van der Waals surface area (Å²) in [6.45, 7) is 5.14. The van der Waals surface area contributed by atoms with Gasteiger partial charge in [0.05, 0.1) is 5.82 Å². The number of benzene rings is 2. The summed E-state index contributed by atoms with van der Waals surface area (Å²) in [6, 6.07) is 15.1. The molecule has 3 rings (SSSR count). The van der Waals surface area contributed by atoms with Crippen molar-refractivity contribution in [2.45, 2.75) is 6.92 Å². The van der Waals surface area contributed by atoms with Gasteiger partial charge in [-0.1, -0.05) is 36.4 Å². The van der Waals surface area contributed by atoms with Crippen LogP contribution in [0.2, 0.25) is 0 Å². The van der Waals surface area contributed by atoms with Gasteiger partial charge in [0.25, 0.3) is 0 Å². The molecule has 0 saturated heterocycles. The van der Waals surface area contributed by atoms with Crippen LogP contribution in [0.4, 0.5) is 5.69 Å². The van der Waals surface area contributed by atoms with Crippen LogP contribution in [-0.4, -0.2) is 19.6 Å². The highest BCUT2D eigenvalue weighted by molar-refractivity contribution is 5.94. The second-order valence-corrected chi connectivity index (χ2v) is 5.30. The van der Waals surface area contributed by atoms with Crippen molar-refractivity contribution >= 4 is 16.5 Å². The van der Waals surface area contributed by atoms with Crippen molar-refractivity contribution in [3.05, 3.63) is 54.4 Å². The molecule has 2 aromatic carbocycles. The molecule has 0 saturated carbocycles. The maximum atomic E-state index is 5.80. The zero-order valence-corrected chi connectivity index (χ0v) is 11.8. The van der Waals surface area contributed by atoms with E-state index >= 15 is 0 Å². The van der Waals surface area contributed by atoms with E-state index in [-0.39, 0.29) is 0 Å². The van der Waals surface area contributed by atoms with Crippen molar-refractivity contribution < 1.29 is 0 Å². The third-order valence-electron chi connectivity index (χ3n) is 3.93. The first-order valence-corrected chi connectivity index (χ1v) is 7.22. The standard InChI is InChI=1S/C17H21N3/c1-2-20(12-13-10-17(18)19-11-13)16-9-5-7-14-6-3-4-8-15(14)16/h3-10,13,19H,2,11-12,18H2,1H3/t13-/m0/s1. The molecule has 3 nitrogen and oxygen atoms in total. The lowest BCUT2D eigenvalue weighted by Crippen LogP contribution is -2.30. The fraction of sp³-hybridized carbons (Fsp3) is 0.294. The van der Waals surface area contributed by atoms with Crippen LogP contribution in [0.3, 0.4) is 0 Å². The Balaban J connectivity index is 1.91. The van der Waals surface area contributed by atoms with E-state index in [0.717, 1.165) is 25.5 Å². The summed E-state index contributed by atoms with van der Waals surface area (Å²) in [4.78, 5) is 2.43. The maximum Gasteiger partial charge on any atom is 0.0923 e. The number of rotatable bonds is 4. The Hall–Kier alpha value is -2.16. The average molecular weight is 267 g/mol. The predicted molar refractivity (Wildman–Crippen MR) is 85.6 cm³/mol. The minimum atomic E-state index is 0.480. The van der Waals surface area contributed by atoms with E-state index in [1.807, 2.05) is 0 Å². The smallest absolute Gasteiger partial charge is 0.0923 e. The molecule has 1 aliphatic heterocycles. The Morgan fingerprint density at radius 2 is 2.00 bits per heavy atom. The molecule has 0 bridgehead atoms. The molecule has 104 valence electrons. The maximum absolute atomic E-state index is 5.80. The summed E-state index contributed by atoms with van der Waals surface area (Å²) in [5.74, 6) is 1.29. The number of nitrogens with one attached hydrogen (secondary N) is 1. The molecule has 0 fully saturated rings. The van der Waals surface area contributed by atoms with Gasteiger partial charge in [0.1, 0.15) is 0 Å². The van der Waals surface area contributed by atoms with Crippen molar-refractivity contribution in [1.29, 1.82) is 0 Å². The van der Waals surface area contributed by atoms with E-state index in [4.69, 9.17) is 5.73 Å². The molecule has 20 heavy (non-hydrogen) atoms. The first-order valence-electron chi connectivity index (χ1n) is 7.22. The molecular weight excluding hydrogens is 246 g/mol. The van der Waals surface area contributed by atoms with Gasteiger partial charge in [-0.15, -0.1) is 0 Å². The van der Waals surface area contributed by atoms with Crippen LogP contribution in [-0.2, 0) is 0 Å². The third-order valence-corrected chi connectivity index (χ3v) is 3.93. The summed E-state index contributed by atoms with van der Waals surface area (Å²) < 4.78 is 0. The molecule has 1 heterocycles. The lowest BCUT2D eigenvalue weighted by atomic mass is 10.1. The van der Waals surface area contributed by atoms with E-state index in [9.17, 15) is 0 Å². The quantitative estimate of drug-likeness (QED) is 0.895. The molecule has 2 aromatic rings. The van der Waals surface area contributed by atoms with Gasteiger partial charge in [-0.2, -0.15) is 0 Å². The van der Waals surface area contributed by atoms with Gasteiger partial charge >= 0.3 is 0 Å². The topological polar surface area (TPSA) is 41.3 Å². The Kier molecular flexibility index (Phi) is 3.50. The molecular formula is C17H21N3. The lowest BCUT2D eigenvalue weighted by Gasteiger charge is -2.27. The van der Waals surface area contributed by atoms with Crippen LogP contribution in [0.1, 0.15) is 6.92 Å². The first kappa shape index (κ1) is 12.9. The molecule has 0 aromatic heterocycles. The Bertz CT molecular complexity index is 628. The number of nitrogens with zero attached hydrogens (tertiary/aromatic N) is 1. The summed E-state index contributed by atoms with van der Waals surface area (Å²) in [5, 5.41) is 5.81. The van der Waals surface area contributed by atoms with Crippen LogP contribution in [0.15, 0.2) is 54.4 Å². The van der Waals surface area contributed by atoms with Crippen molar-refractivity contribution in [2.24, 2.45) is 11.7 Å². The Labute approximate surface area is 120 Å². The van der Waals surface area contributed by atoms with Gasteiger partial charge in [-0.3, -0.25) is 0 Å². The summed E-state index contributed by atoms with van der Waals surface area (Å²) in [7, 11) is 0. The Morgan fingerprint density at radius 1 is 1.20 bits per heavy atom. The van der Waals surface area contributed by atoms with Crippen molar-refractivity contribution in [3.63, 3.8) is 0 Å². The van der Waals surface area contributed by atoms with Crippen LogP contribution in [0.25, 0.3) is 10.8 Å². The van der Waals surface area contributed by atoms with Gasteiger partial charge in [0.2, 0.25) is 0 Å². The van der Waals surface area contributed by atoms with Gasteiger partial charge in [-0.25, -0.2) is 0 Å². The highest BCUT2D eigenvalue weighted by Gasteiger charge is 2.17. The highest BCUT2D eigenvalue weighted by atomic mass is 15.1. The molecule has 0 spiro atoms. The Morgan fingerprint density at radius 3 is 2.75 bits per heavy atom. The number of nitrogens with two attached hydrogens (primary N) is 1. The summed E-state index contributed by atoms with van der Waals surface area (Å²) >= 11 is 0. The van der Waals surface area contributed by atoms with Gasteiger partial charge in [-0.05, 0) is 24.5 Å². The van der Waals surface area contributed by atoms with Crippen molar-refractivity contribution in [1.82, 2.24) is 5.32 Å². The van der Waals surface area contributed by atoms with E-state index in [1.54, 1.807) is 0 Å². The van der Waals surface area contributed by atoms with E-state index in [2.05, 4.69) is 65.7 Å². The zero-order valence-electron chi connectivity index (χ0n) is 11.8. The van der Waals surface area contributed by atoms with Crippen LogP contribution >= 0.6 is 0 Å². The van der Waals surface area contributed by atoms with Gasteiger partial charge in [0.15, 0.2) is 0 Å². The summed E-state index contributed by atoms with van der Waals surface area (Å²) in [6.07, 6.45) is 2.13. The molecule has 1 aliphatic rings. The highest BCUT2D eigenvalue weighted by Crippen LogP contribution is 2.27. The molecule has 1 atom stereocenters. The zero-order chi connectivity index (χ0) is 13.9. The van der Waals surface area contributed by atoms with E-state index in [1.165, 1.54) is 16.5 Å². The molecule has 0 aliphatic carbocycles. The molecule has 0 amide bonds. The summed E-state index contributed by atoms with van der Waals surface area (Å²) in [5.41, 5.74) is 7.11. The molecule has 0 unspecified atom stereocenters. The second-order valence-electron chi connectivity index (χ2n) is 5.30. The van der Waals surface area contributed by atoms with Crippen LogP contribution in [0, 0.1) is 5.92 Å². The number of hydrogen-bond acceptors (Lipinski definition) is 3. The average Bonchev–Trinajstić information content (AvgIpc) is 2.89. The van der Waals surface area contributed by atoms with Crippen molar-refractivity contribution in [2.75, 3.05) is 24.5 Å². The normalized spacial score (nSPS) is 17.9.